The van der Waals surface area contributed by atoms with E-state index in [0.717, 1.165) is 11.1 Å². The summed E-state index contributed by atoms with van der Waals surface area (Å²) in [5.41, 5.74) is 1.65. The number of hydrogen-bond donors (Lipinski definition) is 1. The lowest BCUT2D eigenvalue weighted by atomic mass is 10.2. The topological polar surface area (TPSA) is 46.2 Å². The van der Waals surface area contributed by atoms with Crippen LogP contribution in [-0.4, -0.2) is 15.0 Å². The Hall–Kier alpha value is -1.31. The van der Waals surface area contributed by atoms with E-state index in [1.54, 1.807) is 19.1 Å². The minimum atomic E-state index is -3.43. The van der Waals surface area contributed by atoms with Gasteiger partial charge in [-0.2, -0.15) is 0 Å². The molecule has 0 aliphatic carbocycles. The second kappa shape index (κ2) is 5.15. The van der Waals surface area contributed by atoms with E-state index in [1.807, 2.05) is 13.0 Å². The Morgan fingerprint density at radius 1 is 1.38 bits per heavy atom. The maximum absolute atomic E-state index is 11.9. The van der Waals surface area contributed by atoms with Crippen molar-refractivity contribution in [3.05, 3.63) is 29.3 Å². The molecule has 0 aliphatic heterocycles. The maximum Gasteiger partial charge on any atom is 0.240 e. The Morgan fingerprint density at radius 2 is 2.06 bits per heavy atom. The maximum atomic E-state index is 11.9. The molecule has 0 spiro atoms. The Balaban J connectivity index is 2.99. The molecule has 86 valence electrons. The van der Waals surface area contributed by atoms with Crippen molar-refractivity contribution in [3.8, 4) is 12.3 Å². The van der Waals surface area contributed by atoms with Crippen molar-refractivity contribution < 1.29 is 8.42 Å². The van der Waals surface area contributed by atoms with E-state index in [-0.39, 0.29) is 6.54 Å². The van der Waals surface area contributed by atoms with Crippen LogP contribution in [0.15, 0.2) is 23.1 Å². The lowest BCUT2D eigenvalue weighted by Gasteiger charge is -2.09. The fourth-order valence-electron chi connectivity index (χ4n) is 1.33. The summed E-state index contributed by atoms with van der Waals surface area (Å²) in [6, 6.07) is 5.34. The minimum Gasteiger partial charge on any atom is -0.210 e. The fraction of sp³-hybridized carbons (Fsp3) is 0.333. The zero-order chi connectivity index (χ0) is 12.2. The minimum absolute atomic E-state index is 0.270. The van der Waals surface area contributed by atoms with Crippen LogP contribution in [0.4, 0.5) is 0 Å². The van der Waals surface area contributed by atoms with Crippen LogP contribution in [0.1, 0.15) is 17.5 Å². The van der Waals surface area contributed by atoms with Crippen LogP contribution < -0.4 is 4.72 Å². The van der Waals surface area contributed by atoms with Crippen LogP contribution in [-0.2, 0) is 10.0 Å². The van der Waals surface area contributed by atoms with Crippen LogP contribution >= 0.6 is 0 Å². The van der Waals surface area contributed by atoms with Crippen LogP contribution in [0.3, 0.4) is 0 Å². The first-order chi connectivity index (χ1) is 7.47. The van der Waals surface area contributed by atoms with Crippen LogP contribution in [0.25, 0.3) is 0 Å². The molecule has 0 heterocycles. The molecule has 0 bridgehead atoms. The van der Waals surface area contributed by atoms with Gasteiger partial charge in [-0.3, -0.25) is 0 Å². The molecule has 1 N–H and O–H groups in total. The van der Waals surface area contributed by atoms with Crippen LogP contribution in [0.5, 0.6) is 0 Å². The van der Waals surface area contributed by atoms with Crippen molar-refractivity contribution >= 4 is 10.0 Å². The van der Waals surface area contributed by atoms with Crippen molar-refractivity contribution in [1.29, 1.82) is 0 Å². The Morgan fingerprint density at radius 3 is 2.69 bits per heavy atom. The number of terminal acetylenes is 1. The first kappa shape index (κ1) is 12.8. The third-order valence-corrected chi connectivity index (χ3v) is 3.80. The van der Waals surface area contributed by atoms with Gasteiger partial charge < -0.3 is 0 Å². The summed E-state index contributed by atoms with van der Waals surface area (Å²) in [5, 5.41) is 0. The van der Waals surface area contributed by atoms with Gasteiger partial charge in [-0.25, -0.2) is 13.1 Å². The van der Waals surface area contributed by atoms with Gasteiger partial charge in [-0.15, -0.1) is 12.3 Å². The second-order valence-corrected chi connectivity index (χ2v) is 5.36. The summed E-state index contributed by atoms with van der Waals surface area (Å²) in [4.78, 5) is 0.324. The molecular formula is C12H15NO2S. The van der Waals surface area contributed by atoms with Gasteiger partial charge in [-0.1, -0.05) is 12.1 Å². The van der Waals surface area contributed by atoms with E-state index in [9.17, 15) is 8.42 Å². The highest BCUT2D eigenvalue weighted by Crippen LogP contribution is 2.16. The predicted octanol–water partition coefficient (Wildman–Crippen LogP) is 1.61. The lowest BCUT2D eigenvalue weighted by molar-refractivity contribution is 0.581. The smallest absolute Gasteiger partial charge is 0.210 e. The van der Waals surface area contributed by atoms with Crippen molar-refractivity contribution in [3.63, 3.8) is 0 Å². The van der Waals surface area contributed by atoms with Gasteiger partial charge in [0.2, 0.25) is 10.0 Å². The molecule has 0 saturated heterocycles. The molecule has 16 heavy (non-hydrogen) atoms. The predicted molar refractivity (Wildman–Crippen MR) is 64.6 cm³/mol. The Labute approximate surface area is 96.9 Å². The van der Waals surface area contributed by atoms with Gasteiger partial charge in [0.1, 0.15) is 0 Å². The Kier molecular flexibility index (Phi) is 4.11. The highest BCUT2D eigenvalue weighted by molar-refractivity contribution is 7.89. The van der Waals surface area contributed by atoms with Crippen LogP contribution in [0, 0.1) is 26.2 Å². The first-order valence-corrected chi connectivity index (χ1v) is 6.46. The molecule has 1 aromatic carbocycles. The van der Waals surface area contributed by atoms with E-state index in [4.69, 9.17) is 6.42 Å². The average molecular weight is 237 g/mol. The second-order valence-electron chi connectivity index (χ2n) is 3.62. The zero-order valence-electron chi connectivity index (χ0n) is 9.45. The average Bonchev–Trinajstić information content (AvgIpc) is 2.22. The quantitative estimate of drug-likeness (QED) is 0.638. The standard InChI is InChI=1S/C12H15NO2S/c1-4-5-8-13-16(14,15)12-9-10(2)6-7-11(12)3/h1,6-7,9,13H,5,8H2,2-3H3. The molecule has 0 unspecified atom stereocenters. The first-order valence-electron chi connectivity index (χ1n) is 4.98. The van der Waals surface area contributed by atoms with Gasteiger partial charge in [0.15, 0.2) is 0 Å². The highest BCUT2D eigenvalue weighted by Gasteiger charge is 2.15. The summed E-state index contributed by atoms with van der Waals surface area (Å²) in [6.45, 7) is 3.90. The van der Waals surface area contributed by atoms with Gasteiger partial charge in [0, 0.05) is 13.0 Å². The molecule has 1 rings (SSSR count). The molecule has 0 fully saturated rings. The molecule has 0 radical (unpaired) electrons. The number of aryl methyl sites for hydroxylation is 2. The van der Waals surface area contributed by atoms with Gasteiger partial charge in [0.25, 0.3) is 0 Å². The van der Waals surface area contributed by atoms with E-state index in [2.05, 4.69) is 10.6 Å². The van der Waals surface area contributed by atoms with E-state index in [0.29, 0.717) is 11.3 Å². The van der Waals surface area contributed by atoms with Crippen LogP contribution in [0.2, 0.25) is 0 Å². The van der Waals surface area contributed by atoms with E-state index in [1.165, 1.54) is 0 Å². The number of nitrogens with one attached hydrogen (secondary N) is 1. The number of rotatable bonds is 4. The fourth-order valence-corrected chi connectivity index (χ4v) is 2.69. The molecule has 0 aromatic heterocycles. The molecule has 0 amide bonds. The summed E-state index contributed by atoms with van der Waals surface area (Å²) < 4.78 is 26.3. The molecule has 3 nitrogen and oxygen atoms in total. The summed E-state index contributed by atoms with van der Waals surface area (Å²) in [7, 11) is -3.43. The van der Waals surface area contributed by atoms with Crippen molar-refractivity contribution in [1.82, 2.24) is 4.72 Å². The third-order valence-electron chi connectivity index (χ3n) is 2.19. The lowest BCUT2D eigenvalue weighted by Crippen LogP contribution is -2.25. The molecule has 1 aromatic rings. The number of hydrogen-bond acceptors (Lipinski definition) is 2. The normalized spacial score (nSPS) is 11.1. The monoisotopic (exact) mass is 237 g/mol. The number of sulfonamides is 1. The summed E-state index contributed by atoms with van der Waals surface area (Å²) >= 11 is 0. The van der Waals surface area contributed by atoms with Gasteiger partial charge in [0.05, 0.1) is 4.90 Å². The van der Waals surface area contributed by atoms with E-state index >= 15 is 0 Å². The number of benzene rings is 1. The summed E-state index contributed by atoms with van der Waals surface area (Å²) in [6.07, 6.45) is 5.46. The van der Waals surface area contributed by atoms with Crippen molar-refractivity contribution in [2.75, 3.05) is 6.54 Å². The van der Waals surface area contributed by atoms with Gasteiger partial charge in [-0.05, 0) is 31.0 Å². The summed E-state index contributed by atoms with van der Waals surface area (Å²) in [5.74, 6) is 2.39. The van der Waals surface area contributed by atoms with E-state index < -0.39 is 10.0 Å². The Bertz CT molecular complexity index is 512. The largest absolute Gasteiger partial charge is 0.240 e. The SMILES string of the molecule is C#CCCNS(=O)(=O)c1cc(C)ccc1C. The van der Waals surface area contributed by atoms with Gasteiger partial charge >= 0.3 is 0 Å². The third kappa shape index (κ3) is 3.09. The molecular weight excluding hydrogens is 222 g/mol. The zero-order valence-corrected chi connectivity index (χ0v) is 10.3. The van der Waals surface area contributed by atoms with Crippen molar-refractivity contribution in [2.24, 2.45) is 0 Å². The molecule has 0 aliphatic rings. The molecule has 4 heteroatoms. The van der Waals surface area contributed by atoms with Crippen molar-refractivity contribution in [2.45, 2.75) is 25.2 Å². The highest BCUT2D eigenvalue weighted by atomic mass is 32.2. The molecule has 0 atom stereocenters. The molecule has 0 saturated carbocycles.